The number of esters is 1. The average Bonchev–Trinajstić information content (AvgIpc) is 3.31. The number of aryl methyl sites for hydroxylation is 1. The van der Waals surface area contributed by atoms with Crippen molar-refractivity contribution in [3.8, 4) is 0 Å². The van der Waals surface area contributed by atoms with Gasteiger partial charge in [-0.15, -0.1) is 6.58 Å². The fraction of sp³-hybridized carbons (Fsp3) is 0.536. The number of hydrogen-bond donors (Lipinski definition) is 6. The maximum Gasteiger partial charge on any atom is 0.337 e. The Labute approximate surface area is 226 Å². The van der Waals surface area contributed by atoms with E-state index in [9.17, 15) is 25.2 Å². The normalized spacial score (nSPS) is 34.6. The zero-order chi connectivity index (χ0) is 27.8. The van der Waals surface area contributed by atoms with Crippen LogP contribution in [0.3, 0.4) is 0 Å². The van der Waals surface area contributed by atoms with Crippen molar-refractivity contribution < 1.29 is 44.2 Å². The predicted octanol–water partition coefficient (Wildman–Crippen LogP) is 0.701. The minimum absolute atomic E-state index is 0.118. The van der Waals surface area contributed by atoms with Crippen LogP contribution < -0.4 is 5.32 Å². The summed E-state index contributed by atoms with van der Waals surface area (Å²) >= 11 is 0. The molecule has 11 nitrogen and oxygen atoms in total. The van der Waals surface area contributed by atoms with E-state index in [4.69, 9.17) is 18.9 Å². The number of methoxy groups -OCH3 is 1. The summed E-state index contributed by atoms with van der Waals surface area (Å²) in [6.45, 7) is 6.19. The van der Waals surface area contributed by atoms with Gasteiger partial charge in [-0.2, -0.15) is 0 Å². The number of aromatic amines is 1. The summed E-state index contributed by atoms with van der Waals surface area (Å²) in [5.74, 6) is -1.56. The Morgan fingerprint density at radius 3 is 2.72 bits per heavy atom. The first-order valence-electron chi connectivity index (χ1n) is 13.1. The van der Waals surface area contributed by atoms with E-state index in [1.165, 1.54) is 24.3 Å². The van der Waals surface area contributed by atoms with Gasteiger partial charge in [-0.25, -0.2) is 4.79 Å². The highest BCUT2D eigenvalue weighted by atomic mass is 16.8. The van der Waals surface area contributed by atoms with Gasteiger partial charge in [0.15, 0.2) is 6.29 Å². The van der Waals surface area contributed by atoms with Gasteiger partial charge in [-0.1, -0.05) is 18.2 Å². The number of fused-ring (bicyclic) bond motifs is 3. The lowest BCUT2D eigenvalue weighted by Gasteiger charge is -2.43. The molecular weight excluding hydrogens is 508 g/mol. The number of hydrogen-bond acceptors (Lipinski definition) is 10. The standard InChI is InChI=1S/C28H36N2O9/c1-4-14-17(10-20-22-16(7-8-29-20)15-6-5-13(2)9-19(15)30-22)18(26(35)36-3)12-37-27(14)39-28-25(34)24(33)23(32)21(11-31)38-28/h4-6,9,12,14,17,20-21,23-25,27-34H,1,7-8,10-11H2,2-3H3/t14-,17+,20+,21-,23-,24+,25-,27+,28+/m1/s1. The van der Waals surface area contributed by atoms with Crippen LogP contribution in [0, 0.1) is 18.8 Å². The Morgan fingerprint density at radius 2 is 2.00 bits per heavy atom. The van der Waals surface area contributed by atoms with Crippen molar-refractivity contribution in [3.05, 3.63) is 59.5 Å². The minimum Gasteiger partial charge on any atom is -0.471 e. The van der Waals surface area contributed by atoms with Gasteiger partial charge in [0.25, 0.3) is 0 Å². The molecule has 3 aliphatic rings. The molecule has 3 aliphatic heterocycles. The molecule has 4 heterocycles. The topological polar surface area (TPSA) is 163 Å². The number of ether oxygens (including phenoxy) is 4. The number of aromatic nitrogens is 1. The zero-order valence-corrected chi connectivity index (χ0v) is 21.9. The number of nitrogens with one attached hydrogen (secondary N) is 2. The van der Waals surface area contributed by atoms with E-state index in [2.05, 4.69) is 42.0 Å². The molecule has 5 rings (SSSR count). The van der Waals surface area contributed by atoms with E-state index in [1.807, 2.05) is 0 Å². The lowest BCUT2D eigenvalue weighted by Crippen LogP contribution is -2.60. The molecule has 2 aromatic rings. The van der Waals surface area contributed by atoms with Gasteiger partial charge in [0.05, 0.1) is 25.6 Å². The third-order valence-corrected chi connectivity index (χ3v) is 8.02. The van der Waals surface area contributed by atoms with Crippen molar-refractivity contribution in [1.82, 2.24) is 10.3 Å². The van der Waals surface area contributed by atoms with Gasteiger partial charge in [0, 0.05) is 34.5 Å². The quantitative estimate of drug-likeness (QED) is 0.216. The Balaban J connectivity index is 1.43. The van der Waals surface area contributed by atoms with Gasteiger partial charge in [0.2, 0.25) is 6.29 Å². The van der Waals surface area contributed by atoms with Crippen molar-refractivity contribution in [1.29, 1.82) is 0 Å². The molecule has 1 fully saturated rings. The summed E-state index contributed by atoms with van der Waals surface area (Å²) in [5.41, 5.74) is 4.84. The maximum absolute atomic E-state index is 12.8. The lowest BCUT2D eigenvalue weighted by molar-refractivity contribution is -0.339. The van der Waals surface area contributed by atoms with Crippen LogP contribution in [0.4, 0.5) is 0 Å². The molecule has 0 bridgehead atoms. The first-order chi connectivity index (χ1) is 18.8. The van der Waals surface area contributed by atoms with Gasteiger partial charge < -0.3 is 49.7 Å². The van der Waals surface area contributed by atoms with Crippen molar-refractivity contribution in [2.45, 2.75) is 62.8 Å². The predicted molar refractivity (Wildman–Crippen MR) is 139 cm³/mol. The van der Waals surface area contributed by atoms with Gasteiger partial charge >= 0.3 is 5.97 Å². The molecule has 0 radical (unpaired) electrons. The van der Waals surface area contributed by atoms with E-state index < -0.39 is 61.4 Å². The molecule has 0 saturated carbocycles. The van der Waals surface area contributed by atoms with Crippen LogP contribution in [-0.4, -0.2) is 88.6 Å². The van der Waals surface area contributed by atoms with E-state index in [0.717, 1.165) is 29.7 Å². The molecule has 39 heavy (non-hydrogen) atoms. The molecule has 6 N–H and O–H groups in total. The van der Waals surface area contributed by atoms with Crippen molar-refractivity contribution in [3.63, 3.8) is 0 Å². The van der Waals surface area contributed by atoms with Crippen LogP contribution in [0.25, 0.3) is 10.9 Å². The molecule has 212 valence electrons. The van der Waals surface area contributed by atoms with Crippen LogP contribution >= 0.6 is 0 Å². The zero-order valence-electron chi connectivity index (χ0n) is 21.9. The van der Waals surface area contributed by atoms with Gasteiger partial charge in [0.1, 0.15) is 24.4 Å². The van der Waals surface area contributed by atoms with Crippen molar-refractivity contribution >= 4 is 16.9 Å². The molecule has 1 aromatic heterocycles. The summed E-state index contributed by atoms with van der Waals surface area (Å²) in [7, 11) is 1.30. The molecule has 1 saturated heterocycles. The van der Waals surface area contributed by atoms with Gasteiger partial charge in [-0.05, 0) is 43.5 Å². The average molecular weight is 545 g/mol. The van der Waals surface area contributed by atoms with E-state index in [1.54, 1.807) is 6.08 Å². The summed E-state index contributed by atoms with van der Waals surface area (Å²) in [4.78, 5) is 16.4. The molecule has 9 atom stereocenters. The Kier molecular flexibility index (Phi) is 8.11. The molecular formula is C28H36N2O9. The second-order valence-electron chi connectivity index (χ2n) is 10.4. The number of aliphatic hydroxyl groups excluding tert-OH is 4. The summed E-state index contributed by atoms with van der Waals surface area (Å²) in [6.07, 6.45) is -4.03. The number of carbonyl (C=O) groups excluding carboxylic acids is 1. The Morgan fingerprint density at radius 1 is 1.21 bits per heavy atom. The van der Waals surface area contributed by atoms with Crippen LogP contribution in [0.2, 0.25) is 0 Å². The highest BCUT2D eigenvalue weighted by molar-refractivity contribution is 5.89. The number of H-pyrrole nitrogens is 1. The molecule has 0 aliphatic carbocycles. The molecule has 11 heteroatoms. The first kappa shape index (κ1) is 27.8. The molecule has 0 amide bonds. The molecule has 1 aromatic carbocycles. The van der Waals surface area contributed by atoms with Crippen molar-refractivity contribution in [2.24, 2.45) is 11.8 Å². The second kappa shape index (κ2) is 11.4. The maximum atomic E-state index is 12.8. The third kappa shape index (κ3) is 5.11. The highest BCUT2D eigenvalue weighted by Gasteiger charge is 2.48. The van der Waals surface area contributed by atoms with Crippen LogP contribution in [-0.2, 0) is 30.2 Å². The Hall–Kier alpha value is -2.77. The third-order valence-electron chi connectivity index (χ3n) is 8.02. The summed E-state index contributed by atoms with van der Waals surface area (Å²) in [5, 5.41) is 45.1. The number of carbonyl (C=O) groups is 1. The van der Waals surface area contributed by atoms with Gasteiger partial charge in [-0.3, -0.25) is 0 Å². The largest absolute Gasteiger partial charge is 0.471 e. The van der Waals surface area contributed by atoms with Crippen molar-refractivity contribution in [2.75, 3.05) is 20.3 Å². The fourth-order valence-corrected chi connectivity index (χ4v) is 5.91. The lowest BCUT2D eigenvalue weighted by atomic mass is 9.78. The van der Waals surface area contributed by atoms with Crippen LogP contribution in [0.15, 0.2) is 42.7 Å². The fourth-order valence-electron chi connectivity index (χ4n) is 5.91. The number of benzene rings is 1. The van der Waals surface area contributed by atoms with E-state index >= 15 is 0 Å². The summed E-state index contributed by atoms with van der Waals surface area (Å²) < 4.78 is 22.3. The Bertz CT molecular complexity index is 1240. The van der Waals surface area contributed by atoms with E-state index in [-0.39, 0.29) is 6.04 Å². The number of rotatable bonds is 7. The minimum atomic E-state index is -1.60. The van der Waals surface area contributed by atoms with Crippen LogP contribution in [0.5, 0.6) is 0 Å². The van der Waals surface area contributed by atoms with E-state index in [0.29, 0.717) is 12.0 Å². The summed E-state index contributed by atoms with van der Waals surface area (Å²) in [6, 6.07) is 6.23. The highest BCUT2D eigenvalue weighted by Crippen LogP contribution is 2.42. The molecule has 0 spiro atoms. The second-order valence-corrected chi connectivity index (χ2v) is 10.4. The first-order valence-corrected chi connectivity index (χ1v) is 13.1. The SMILES string of the molecule is C=C[C@H]1[C@H](O[C@@H]2O[C@H](CO)[C@@H](O)[C@H](O)[C@H]2O)OC=C(C(=O)OC)[C@H]1C[C@@H]1NCCc2c1[nH]c1cc(C)ccc21. The van der Waals surface area contributed by atoms with Crippen LogP contribution in [0.1, 0.15) is 29.3 Å². The number of aliphatic hydroxyl groups is 4. The monoisotopic (exact) mass is 544 g/mol. The molecule has 0 unspecified atom stereocenters. The smallest absolute Gasteiger partial charge is 0.337 e.